The van der Waals surface area contributed by atoms with Crippen LogP contribution in [0.2, 0.25) is 0 Å². The minimum absolute atomic E-state index is 0.105. The van der Waals surface area contributed by atoms with Crippen molar-refractivity contribution in [2.45, 2.75) is 25.9 Å². The van der Waals surface area contributed by atoms with Gasteiger partial charge in [-0.2, -0.15) is 13.2 Å². The van der Waals surface area contributed by atoms with Crippen LogP contribution in [0, 0.1) is 0 Å². The second-order valence-corrected chi connectivity index (χ2v) is 7.61. The number of nitrogens with one attached hydrogen (secondary N) is 1. The number of hydrogen-bond acceptors (Lipinski definition) is 5. The van der Waals surface area contributed by atoms with Crippen molar-refractivity contribution in [1.29, 1.82) is 0 Å². The quantitative estimate of drug-likeness (QED) is 0.419. The summed E-state index contributed by atoms with van der Waals surface area (Å²) in [6.07, 6.45) is -4.48. The van der Waals surface area contributed by atoms with E-state index >= 15 is 0 Å². The highest BCUT2D eigenvalue weighted by atomic mass is 79.9. The Bertz CT molecular complexity index is 944. The fourth-order valence-electron chi connectivity index (χ4n) is 2.32. The summed E-state index contributed by atoms with van der Waals surface area (Å²) in [4.78, 5) is 7.89. The molecule has 0 bridgehead atoms. The standard InChI is InChI=1S/C18H15BrF3N3OS/c1-10(2)11-5-3-4-6-13(11)26-16-12(7-8-15(19)25-16)23-17-24-14(9-27-17)18(20,21)22/h3-10H,1-2H3,(H,23,24). The third-order valence-corrected chi connectivity index (χ3v) is 4.81. The maximum Gasteiger partial charge on any atom is 0.434 e. The molecule has 0 amide bonds. The van der Waals surface area contributed by atoms with Gasteiger partial charge >= 0.3 is 6.18 Å². The Morgan fingerprint density at radius 3 is 2.52 bits per heavy atom. The van der Waals surface area contributed by atoms with E-state index in [0.29, 0.717) is 16.0 Å². The molecular weight excluding hydrogens is 443 g/mol. The molecule has 3 rings (SSSR count). The van der Waals surface area contributed by atoms with Gasteiger partial charge in [-0.05, 0) is 45.6 Å². The van der Waals surface area contributed by atoms with Crippen molar-refractivity contribution in [2.75, 3.05) is 5.32 Å². The normalized spacial score (nSPS) is 11.7. The number of thiazole rings is 1. The zero-order chi connectivity index (χ0) is 19.6. The Morgan fingerprint density at radius 2 is 1.85 bits per heavy atom. The maximum atomic E-state index is 12.8. The molecule has 1 aromatic carbocycles. The number of para-hydroxylation sites is 1. The van der Waals surface area contributed by atoms with Crippen molar-refractivity contribution in [3.05, 3.63) is 57.6 Å². The van der Waals surface area contributed by atoms with Gasteiger partial charge in [0.15, 0.2) is 10.8 Å². The number of alkyl halides is 3. The average Bonchev–Trinajstić information content (AvgIpc) is 3.06. The molecule has 0 fully saturated rings. The third-order valence-electron chi connectivity index (χ3n) is 3.61. The van der Waals surface area contributed by atoms with Crippen molar-refractivity contribution in [3.63, 3.8) is 0 Å². The van der Waals surface area contributed by atoms with Gasteiger partial charge in [-0.15, -0.1) is 11.3 Å². The van der Waals surface area contributed by atoms with E-state index in [9.17, 15) is 13.2 Å². The zero-order valence-corrected chi connectivity index (χ0v) is 16.7. The fourth-order valence-corrected chi connectivity index (χ4v) is 3.34. The lowest BCUT2D eigenvalue weighted by Gasteiger charge is -2.15. The first-order valence-electron chi connectivity index (χ1n) is 7.97. The highest BCUT2D eigenvalue weighted by Gasteiger charge is 2.33. The Kier molecular flexibility index (Phi) is 5.71. The average molecular weight is 458 g/mol. The molecule has 1 N–H and O–H groups in total. The second kappa shape index (κ2) is 7.85. The van der Waals surface area contributed by atoms with Gasteiger partial charge in [-0.25, -0.2) is 9.97 Å². The van der Waals surface area contributed by atoms with E-state index in [1.165, 1.54) is 0 Å². The van der Waals surface area contributed by atoms with Crippen molar-refractivity contribution in [1.82, 2.24) is 9.97 Å². The SMILES string of the molecule is CC(C)c1ccccc1Oc1nc(Br)ccc1Nc1nc(C(F)(F)F)cs1. The van der Waals surface area contributed by atoms with E-state index < -0.39 is 11.9 Å². The Labute approximate surface area is 166 Å². The minimum atomic E-state index is -4.48. The molecule has 2 aromatic heterocycles. The summed E-state index contributed by atoms with van der Waals surface area (Å²) in [5.41, 5.74) is 0.478. The van der Waals surface area contributed by atoms with Gasteiger partial charge in [-0.1, -0.05) is 32.0 Å². The van der Waals surface area contributed by atoms with Crippen molar-refractivity contribution < 1.29 is 17.9 Å². The third kappa shape index (κ3) is 4.78. The molecule has 0 radical (unpaired) electrons. The van der Waals surface area contributed by atoms with Crippen LogP contribution in [-0.4, -0.2) is 9.97 Å². The molecule has 142 valence electrons. The van der Waals surface area contributed by atoms with Crippen LogP contribution >= 0.6 is 27.3 Å². The summed E-state index contributed by atoms with van der Waals surface area (Å²) >= 11 is 4.15. The topological polar surface area (TPSA) is 47.0 Å². The van der Waals surface area contributed by atoms with E-state index in [4.69, 9.17) is 4.74 Å². The summed E-state index contributed by atoms with van der Waals surface area (Å²) in [7, 11) is 0. The Morgan fingerprint density at radius 1 is 1.11 bits per heavy atom. The minimum Gasteiger partial charge on any atom is -0.437 e. The zero-order valence-electron chi connectivity index (χ0n) is 14.3. The predicted molar refractivity (Wildman–Crippen MR) is 103 cm³/mol. The number of aromatic nitrogens is 2. The number of benzene rings is 1. The summed E-state index contributed by atoms with van der Waals surface area (Å²) in [6, 6.07) is 10.9. The molecule has 0 aliphatic rings. The van der Waals surface area contributed by atoms with Gasteiger partial charge in [0.1, 0.15) is 16.0 Å². The largest absolute Gasteiger partial charge is 0.437 e. The lowest BCUT2D eigenvalue weighted by Crippen LogP contribution is -2.05. The maximum absolute atomic E-state index is 12.8. The van der Waals surface area contributed by atoms with E-state index in [-0.39, 0.29) is 16.9 Å². The molecular formula is C18H15BrF3N3OS. The molecule has 0 saturated carbocycles. The van der Waals surface area contributed by atoms with Crippen LogP contribution in [0.1, 0.15) is 31.0 Å². The number of ether oxygens (including phenoxy) is 1. The number of anilines is 2. The molecule has 0 spiro atoms. The van der Waals surface area contributed by atoms with Crippen LogP contribution in [0.4, 0.5) is 24.0 Å². The smallest absolute Gasteiger partial charge is 0.434 e. The van der Waals surface area contributed by atoms with E-state index in [2.05, 4.69) is 31.2 Å². The molecule has 2 heterocycles. The molecule has 0 aliphatic carbocycles. The van der Waals surface area contributed by atoms with Crippen LogP contribution in [0.5, 0.6) is 11.6 Å². The number of hydrogen-bond donors (Lipinski definition) is 1. The van der Waals surface area contributed by atoms with Gasteiger partial charge in [0, 0.05) is 5.38 Å². The van der Waals surface area contributed by atoms with E-state index in [0.717, 1.165) is 22.3 Å². The highest BCUT2D eigenvalue weighted by Crippen LogP contribution is 2.37. The lowest BCUT2D eigenvalue weighted by atomic mass is 10.0. The summed E-state index contributed by atoms with van der Waals surface area (Å²) < 4.78 is 44.8. The van der Waals surface area contributed by atoms with Gasteiger partial charge in [0.2, 0.25) is 5.88 Å². The molecule has 0 unspecified atom stereocenters. The first-order chi connectivity index (χ1) is 12.7. The lowest BCUT2D eigenvalue weighted by molar-refractivity contribution is -0.140. The van der Waals surface area contributed by atoms with Gasteiger partial charge in [0.25, 0.3) is 0 Å². The van der Waals surface area contributed by atoms with Crippen LogP contribution in [-0.2, 0) is 6.18 Å². The first kappa shape index (κ1) is 19.6. The summed E-state index contributed by atoms with van der Waals surface area (Å²) in [6.45, 7) is 4.09. The highest BCUT2D eigenvalue weighted by molar-refractivity contribution is 9.10. The number of rotatable bonds is 5. The van der Waals surface area contributed by atoms with Crippen molar-refractivity contribution >= 4 is 38.1 Å². The molecule has 0 aliphatic heterocycles. The molecule has 4 nitrogen and oxygen atoms in total. The van der Waals surface area contributed by atoms with Crippen molar-refractivity contribution in [2.24, 2.45) is 0 Å². The van der Waals surface area contributed by atoms with E-state index in [1.807, 2.05) is 38.1 Å². The van der Waals surface area contributed by atoms with Crippen LogP contribution in [0.15, 0.2) is 46.4 Å². The Hall–Kier alpha value is -2.13. The van der Waals surface area contributed by atoms with Crippen molar-refractivity contribution in [3.8, 4) is 11.6 Å². The Balaban J connectivity index is 1.91. The van der Waals surface area contributed by atoms with Crippen LogP contribution in [0.3, 0.4) is 0 Å². The van der Waals surface area contributed by atoms with Crippen LogP contribution in [0.25, 0.3) is 0 Å². The molecule has 9 heteroatoms. The van der Waals surface area contributed by atoms with Gasteiger partial charge in [0.05, 0.1) is 0 Å². The fraction of sp³-hybridized carbons (Fsp3) is 0.222. The second-order valence-electron chi connectivity index (χ2n) is 5.94. The number of nitrogens with zero attached hydrogens (tertiary/aromatic N) is 2. The molecule has 0 saturated heterocycles. The summed E-state index contributed by atoms with van der Waals surface area (Å²) in [5.74, 6) is 1.11. The number of halogens is 4. The monoisotopic (exact) mass is 457 g/mol. The molecule has 0 atom stereocenters. The number of pyridine rings is 1. The van der Waals surface area contributed by atoms with E-state index in [1.54, 1.807) is 12.1 Å². The van der Waals surface area contributed by atoms with Gasteiger partial charge in [-0.3, -0.25) is 0 Å². The first-order valence-corrected chi connectivity index (χ1v) is 9.64. The predicted octanol–water partition coefficient (Wildman–Crippen LogP) is 6.98. The van der Waals surface area contributed by atoms with Gasteiger partial charge < -0.3 is 10.1 Å². The summed E-state index contributed by atoms with van der Waals surface area (Å²) in [5, 5.41) is 3.93. The molecule has 3 aromatic rings. The van der Waals surface area contributed by atoms with Crippen LogP contribution < -0.4 is 10.1 Å². The molecule has 27 heavy (non-hydrogen) atoms.